The Kier molecular flexibility index (Phi) is 2.40. The van der Waals surface area contributed by atoms with E-state index in [1.165, 1.54) is 6.33 Å². The molecular weight excluding hydrogens is 194 g/mol. The molecule has 2 N–H and O–H groups in total. The van der Waals surface area contributed by atoms with Crippen molar-refractivity contribution in [3.63, 3.8) is 0 Å². The van der Waals surface area contributed by atoms with Gasteiger partial charge in [0.1, 0.15) is 12.1 Å². The highest BCUT2D eigenvalue weighted by Gasteiger charge is 2.09. The van der Waals surface area contributed by atoms with Gasteiger partial charge in [-0.2, -0.15) is 5.10 Å². The molecule has 2 heterocycles. The number of aromatic amines is 1. The fraction of sp³-hybridized carbons (Fsp3) is 0.111. The van der Waals surface area contributed by atoms with E-state index in [1.807, 2.05) is 6.92 Å². The van der Waals surface area contributed by atoms with E-state index in [2.05, 4.69) is 25.5 Å². The number of carbonyl (C=O) groups is 1. The maximum Gasteiger partial charge on any atom is 0.277 e. The normalized spacial score (nSPS) is 9.93. The van der Waals surface area contributed by atoms with Gasteiger partial charge in [0, 0.05) is 11.9 Å². The van der Waals surface area contributed by atoms with E-state index < -0.39 is 0 Å². The van der Waals surface area contributed by atoms with E-state index in [4.69, 9.17) is 0 Å². The second-order valence-corrected chi connectivity index (χ2v) is 2.98. The molecule has 0 fully saturated rings. The van der Waals surface area contributed by atoms with Crippen molar-refractivity contribution >= 4 is 11.7 Å². The Morgan fingerprint density at radius 1 is 1.53 bits per heavy atom. The van der Waals surface area contributed by atoms with E-state index in [-0.39, 0.29) is 5.91 Å². The number of nitrogens with one attached hydrogen (secondary N) is 2. The quantitative estimate of drug-likeness (QED) is 0.754. The fourth-order valence-electron chi connectivity index (χ4n) is 1.08. The molecular formula is C9H9N5O. The van der Waals surface area contributed by atoms with Crippen molar-refractivity contribution in [1.82, 2.24) is 20.2 Å². The maximum absolute atomic E-state index is 11.6. The minimum atomic E-state index is -0.293. The summed E-state index contributed by atoms with van der Waals surface area (Å²) in [5.74, 6) is 0.161. The molecule has 76 valence electrons. The third-order valence-electron chi connectivity index (χ3n) is 1.76. The monoisotopic (exact) mass is 203 g/mol. The maximum atomic E-state index is 11.6. The van der Waals surface area contributed by atoms with E-state index in [1.54, 1.807) is 18.3 Å². The summed E-state index contributed by atoms with van der Waals surface area (Å²) in [5, 5.41) is 9.12. The first-order chi connectivity index (χ1) is 7.25. The average Bonchev–Trinajstić information content (AvgIpc) is 2.66. The summed E-state index contributed by atoms with van der Waals surface area (Å²) in [4.78, 5) is 19.2. The lowest BCUT2D eigenvalue weighted by molar-refractivity contribution is 0.102. The Bertz CT molecular complexity index is 464. The van der Waals surface area contributed by atoms with Gasteiger partial charge in [-0.15, -0.1) is 0 Å². The van der Waals surface area contributed by atoms with Crippen LogP contribution in [0.1, 0.15) is 16.2 Å². The van der Waals surface area contributed by atoms with Crippen LogP contribution in [0.15, 0.2) is 24.7 Å². The van der Waals surface area contributed by atoms with Crippen molar-refractivity contribution in [2.45, 2.75) is 6.92 Å². The Morgan fingerprint density at radius 3 is 3.00 bits per heavy atom. The van der Waals surface area contributed by atoms with Crippen molar-refractivity contribution in [3.05, 3.63) is 36.0 Å². The molecule has 0 aliphatic carbocycles. The zero-order chi connectivity index (χ0) is 10.7. The predicted octanol–water partition coefficient (Wildman–Crippen LogP) is 0.760. The van der Waals surface area contributed by atoms with Crippen molar-refractivity contribution < 1.29 is 4.79 Å². The van der Waals surface area contributed by atoms with Crippen LogP contribution in [-0.4, -0.2) is 26.1 Å². The van der Waals surface area contributed by atoms with Crippen molar-refractivity contribution in [2.75, 3.05) is 5.32 Å². The Balaban J connectivity index is 2.11. The highest BCUT2D eigenvalue weighted by molar-refractivity contribution is 6.02. The molecule has 1 amide bonds. The topological polar surface area (TPSA) is 83.6 Å². The smallest absolute Gasteiger partial charge is 0.277 e. The molecule has 0 atom stereocenters. The van der Waals surface area contributed by atoms with E-state index in [9.17, 15) is 4.79 Å². The highest BCUT2D eigenvalue weighted by atomic mass is 16.2. The first-order valence-corrected chi connectivity index (χ1v) is 4.35. The molecule has 0 saturated carbocycles. The molecule has 0 aromatic carbocycles. The third-order valence-corrected chi connectivity index (χ3v) is 1.76. The molecule has 0 bridgehead atoms. The van der Waals surface area contributed by atoms with Gasteiger partial charge in [-0.05, 0) is 19.1 Å². The fourth-order valence-corrected chi connectivity index (χ4v) is 1.08. The van der Waals surface area contributed by atoms with Crippen LogP contribution in [0.2, 0.25) is 0 Å². The Hall–Kier alpha value is -2.24. The number of nitrogens with zero attached hydrogens (tertiary/aromatic N) is 3. The van der Waals surface area contributed by atoms with Gasteiger partial charge in [-0.1, -0.05) is 0 Å². The first-order valence-electron chi connectivity index (χ1n) is 4.35. The predicted molar refractivity (Wildman–Crippen MR) is 53.3 cm³/mol. The number of H-pyrrole nitrogens is 1. The van der Waals surface area contributed by atoms with Crippen LogP contribution in [0.4, 0.5) is 5.82 Å². The zero-order valence-corrected chi connectivity index (χ0v) is 8.06. The summed E-state index contributed by atoms with van der Waals surface area (Å²) in [6, 6.07) is 3.27. The molecule has 6 nitrogen and oxygen atoms in total. The van der Waals surface area contributed by atoms with Gasteiger partial charge in [-0.25, -0.2) is 9.97 Å². The summed E-state index contributed by atoms with van der Waals surface area (Å²) in [5.41, 5.74) is 1.17. The van der Waals surface area contributed by atoms with Crippen molar-refractivity contribution in [2.24, 2.45) is 0 Å². The van der Waals surface area contributed by atoms with Gasteiger partial charge >= 0.3 is 0 Å². The summed E-state index contributed by atoms with van der Waals surface area (Å²) in [6.45, 7) is 1.83. The lowest BCUT2D eigenvalue weighted by Gasteiger charge is -1.99. The van der Waals surface area contributed by atoms with Gasteiger partial charge in [0.15, 0.2) is 5.69 Å². The van der Waals surface area contributed by atoms with Gasteiger partial charge in [0.05, 0.1) is 0 Å². The first kappa shape index (κ1) is 9.32. The number of anilines is 1. The molecule has 0 spiro atoms. The zero-order valence-electron chi connectivity index (χ0n) is 8.06. The summed E-state index contributed by atoms with van der Waals surface area (Å²) in [6.07, 6.45) is 2.92. The number of hydrogen-bond donors (Lipinski definition) is 2. The highest BCUT2D eigenvalue weighted by Crippen LogP contribution is 2.03. The molecule has 15 heavy (non-hydrogen) atoms. The second-order valence-electron chi connectivity index (χ2n) is 2.98. The number of carbonyl (C=O) groups excluding carboxylic acids is 1. The van der Waals surface area contributed by atoms with Crippen LogP contribution >= 0.6 is 0 Å². The van der Waals surface area contributed by atoms with Crippen LogP contribution < -0.4 is 5.32 Å². The van der Waals surface area contributed by atoms with Crippen LogP contribution in [0, 0.1) is 6.92 Å². The van der Waals surface area contributed by atoms with Crippen LogP contribution in [-0.2, 0) is 0 Å². The van der Waals surface area contributed by atoms with Gasteiger partial charge in [0.25, 0.3) is 5.91 Å². The minimum absolute atomic E-state index is 0.293. The van der Waals surface area contributed by atoms with Crippen LogP contribution in [0.25, 0.3) is 0 Å². The van der Waals surface area contributed by atoms with Gasteiger partial charge in [0.2, 0.25) is 0 Å². The number of aromatic nitrogens is 4. The summed E-state index contributed by atoms with van der Waals surface area (Å²) >= 11 is 0. The van der Waals surface area contributed by atoms with E-state index >= 15 is 0 Å². The average molecular weight is 203 g/mol. The van der Waals surface area contributed by atoms with Gasteiger partial charge < -0.3 is 5.32 Å². The molecule has 0 aliphatic heterocycles. The number of amides is 1. The number of hydrogen-bond acceptors (Lipinski definition) is 4. The Labute approximate surface area is 85.8 Å². The number of rotatable bonds is 2. The molecule has 2 rings (SSSR count). The van der Waals surface area contributed by atoms with Gasteiger partial charge in [-0.3, -0.25) is 9.89 Å². The second kappa shape index (κ2) is 3.87. The van der Waals surface area contributed by atoms with E-state index in [0.29, 0.717) is 11.5 Å². The molecule has 0 saturated heterocycles. The lowest BCUT2D eigenvalue weighted by Crippen LogP contribution is -2.13. The molecule has 0 radical (unpaired) electrons. The standard InChI is InChI=1S/C9H9N5O/c1-6-4-7(14-13-6)9(15)12-8-2-3-10-5-11-8/h2-5H,1H3,(H,13,14)(H,10,11,12,15). The third kappa shape index (κ3) is 2.16. The van der Waals surface area contributed by atoms with Crippen LogP contribution in [0.3, 0.4) is 0 Å². The molecule has 6 heteroatoms. The molecule has 2 aromatic rings. The van der Waals surface area contributed by atoms with Crippen molar-refractivity contribution in [1.29, 1.82) is 0 Å². The lowest BCUT2D eigenvalue weighted by atomic mass is 10.3. The number of aryl methyl sites for hydroxylation is 1. The van der Waals surface area contributed by atoms with E-state index in [0.717, 1.165) is 5.69 Å². The molecule has 0 unspecified atom stereocenters. The van der Waals surface area contributed by atoms with Crippen LogP contribution in [0.5, 0.6) is 0 Å². The Morgan fingerprint density at radius 2 is 2.40 bits per heavy atom. The minimum Gasteiger partial charge on any atom is -0.305 e. The molecule has 0 aliphatic rings. The SMILES string of the molecule is Cc1cc(C(=O)Nc2ccncn2)n[nH]1. The van der Waals surface area contributed by atoms with Crippen molar-refractivity contribution in [3.8, 4) is 0 Å². The summed E-state index contributed by atoms with van der Waals surface area (Å²) in [7, 11) is 0. The largest absolute Gasteiger partial charge is 0.305 e. The molecule has 2 aromatic heterocycles. The summed E-state index contributed by atoms with van der Waals surface area (Å²) < 4.78 is 0.